The predicted molar refractivity (Wildman–Crippen MR) is 74.1 cm³/mol. The molecule has 2 amide bonds. The molecule has 1 aromatic carbocycles. The molecule has 0 bridgehead atoms. The molecule has 0 aliphatic carbocycles. The van der Waals surface area contributed by atoms with Gasteiger partial charge in [0.2, 0.25) is 5.91 Å². The highest BCUT2D eigenvalue weighted by molar-refractivity contribution is 6.17. The van der Waals surface area contributed by atoms with Crippen molar-refractivity contribution in [2.45, 2.75) is 18.7 Å². The quantitative estimate of drug-likeness (QED) is 0.855. The molecule has 0 spiro atoms. The average molecular weight is 281 g/mol. The van der Waals surface area contributed by atoms with Crippen LogP contribution in [-0.2, 0) is 10.7 Å². The largest absolute Gasteiger partial charge is 0.343 e. The zero-order chi connectivity index (χ0) is 13.7. The van der Waals surface area contributed by atoms with Crippen LogP contribution in [0.1, 0.15) is 28.8 Å². The molecule has 4 nitrogen and oxygen atoms in total. The average Bonchev–Trinajstić information content (AvgIpc) is 2.98. The number of carbonyl (C=O) groups is 2. The van der Waals surface area contributed by atoms with Crippen molar-refractivity contribution in [1.29, 1.82) is 0 Å². The molecule has 0 aromatic heterocycles. The summed E-state index contributed by atoms with van der Waals surface area (Å²) in [4.78, 5) is 25.4. The first-order valence-electron chi connectivity index (χ1n) is 6.41. The topological polar surface area (TPSA) is 49.4 Å². The van der Waals surface area contributed by atoms with Gasteiger partial charge in [-0.25, -0.2) is 0 Å². The fourth-order valence-corrected chi connectivity index (χ4v) is 2.26. The van der Waals surface area contributed by atoms with Crippen LogP contribution in [0.3, 0.4) is 0 Å². The van der Waals surface area contributed by atoms with Crippen molar-refractivity contribution in [3.8, 4) is 0 Å². The van der Waals surface area contributed by atoms with Gasteiger partial charge in [-0.3, -0.25) is 9.59 Å². The highest BCUT2D eigenvalue weighted by Gasteiger charge is 2.18. The van der Waals surface area contributed by atoms with Crippen molar-refractivity contribution >= 4 is 23.4 Å². The molecule has 1 fully saturated rings. The molecule has 1 saturated heterocycles. The molecule has 5 heteroatoms. The Morgan fingerprint density at radius 2 is 1.79 bits per heavy atom. The lowest BCUT2D eigenvalue weighted by Gasteiger charge is -2.15. The minimum atomic E-state index is -0.228. The van der Waals surface area contributed by atoms with E-state index in [0.717, 1.165) is 31.5 Å². The van der Waals surface area contributed by atoms with E-state index >= 15 is 0 Å². The smallest absolute Gasteiger partial charge is 0.251 e. The molecule has 0 unspecified atom stereocenters. The molecule has 0 saturated carbocycles. The summed E-state index contributed by atoms with van der Waals surface area (Å²) in [6.45, 7) is 1.67. The van der Waals surface area contributed by atoms with E-state index in [2.05, 4.69) is 5.32 Å². The number of alkyl halides is 1. The molecule has 1 heterocycles. The highest BCUT2D eigenvalue weighted by Crippen LogP contribution is 2.08. The van der Waals surface area contributed by atoms with E-state index < -0.39 is 0 Å². The molecular formula is C14H17ClN2O2. The van der Waals surface area contributed by atoms with Crippen LogP contribution in [0.2, 0.25) is 0 Å². The summed E-state index contributed by atoms with van der Waals surface area (Å²) in [5.41, 5.74) is 1.51. The summed E-state index contributed by atoms with van der Waals surface area (Å²) in [7, 11) is 0. The van der Waals surface area contributed by atoms with Crippen molar-refractivity contribution in [3.63, 3.8) is 0 Å². The predicted octanol–water partition coefficient (Wildman–Crippen LogP) is 1.78. The van der Waals surface area contributed by atoms with Crippen molar-refractivity contribution in [3.05, 3.63) is 35.4 Å². The van der Waals surface area contributed by atoms with Crippen LogP contribution in [0.5, 0.6) is 0 Å². The number of benzene rings is 1. The lowest BCUT2D eigenvalue weighted by Crippen LogP contribution is -2.38. The first kappa shape index (κ1) is 13.9. The SMILES string of the molecule is O=C(NCC(=O)N1CCCC1)c1ccc(CCl)cc1. The number of hydrogen-bond acceptors (Lipinski definition) is 2. The van der Waals surface area contributed by atoms with Gasteiger partial charge in [-0.05, 0) is 30.5 Å². The first-order valence-corrected chi connectivity index (χ1v) is 6.95. The van der Waals surface area contributed by atoms with Gasteiger partial charge in [0.1, 0.15) is 0 Å². The standard InChI is InChI=1S/C14H17ClN2O2/c15-9-11-3-5-12(6-4-11)14(19)16-10-13(18)17-7-1-2-8-17/h3-6H,1-2,7-10H2,(H,16,19). The number of likely N-dealkylation sites (tertiary alicyclic amines) is 1. The summed E-state index contributed by atoms with van der Waals surface area (Å²) in [6, 6.07) is 7.05. The number of nitrogens with one attached hydrogen (secondary N) is 1. The van der Waals surface area contributed by atoms with Crippen LogP contribution >= 0.6 is 11.6 Å². The zero-order valence-corrected chi connectivity index (χ0v) is 11.4. The number of hydrogen-bond donors (Lipinski definition) is 1. The summed E-state index contributed by atoms with van der Waals surface area (Å²) in [5.74, 6) is 0.187. The van der Waals surface area contributed by atoms with Crippen molar-refractivity contribution < 1.29 is 9.59 Å². The maximum atomic E-state index is 11.8. The van der Waals surface area contributed by atoms with E-state index in [-0.39, 0.29) is 18.4 Å². The van der Waals surface area contributed by atoms with Gasteiger partial charge in [-0.2, -0.15) is 0 Å². The van der Waals surface area contributed by atoms with Crippen LogP contribution in [0.25, 0.3) is 0 Å². The van der Waals surface area contributed by atoms with Crippen molar-refractivity contribution in [2.75, 3.05) is 19.6 Å². The van der Waals surface area contributed by atoms with E-state index in [4.69, 9.17) is 11.6 Å². The van der Waals surface area contributed by atoms with Gasteiger partial charge in [0, 0.05) is 24.5 Å². The van der Waals surface area contributed by atoms with Gasteiger partial charge in [0.25, 0.3) is 5.91 Å². The summed E-state index contributed by atoms with van der Waals surface area (Å²) in [5, 5.41) is 2.65. The van der Waals surface area contributed by atoms with Gasteiger partial charge in [-0.1, -0.05) is 12.1 Å². The van der Waals surface area contributed by atoms with Gasteiger partial charge in [-0.15, -0.1) is 11.6 Å². The first-order chi connectivity index (χ1) is 9.20. The number of nitrogens with zero attached hydrogens (tertiary/aromatic N) is 1. The third-order valence-electron chi connectivity index (χ3n) is 3.23. The molecule has 1 N–H and O–H groups in total. The Hall–Kier alpha value is -1.55. The second kappa shape index (κ2) is 6.57. The van der Waals surface area contributed by atoms with E-state index in [9.17, 15) is 9.59 Å². The van der Waals surface area contributed by atoms with Crippen molar-refractivity contribution in [1.82, 2.24) is 10.2 Å². The lowest BCUT2D eigenvalue weighted by molar-refractivity contribution is -0.129. The van der Waals surface area contributed by atoms with Crippen molar-refractivity contribution in [2.24, 2.45) is 0 Å². The maximum Gasteiger partial charge on any atom is 0.251 e. The fourth-order valence-electron chi connectivity index (χ4n) is 2.08. The molecule has 1 aromatic rings. The Labute approximate surface area is 117 Å². The van der Waals surface area contributed by atoms with Crippen LogP contribution < -0.4 is 5.32 Å². The van der Waals surface area contributed by atoms with Gasteiger partial charge in [0.05, 0.1) is 6.54 Å². The number of amides is 2. The van der Waals surface area contributed by atoms with Crippen LogP contribution in [-0.4, -0.2) is 36.3 Å². The molecule has 0 atom stereocenters. The van der Waals surface area contributed by atoms with E-state index in [0.29, 0.717) is 11.4 Å². The third kappa shape index (κ3) is 3.70. The van der Waals surface area contributed by atoms with E-state index in [1.54, 1.807) is 17.0 Å². The monoisotopic (exact) mass is 280 g/mol. The minimum absolute atomic E-state index is 0.0109. The molecule has 1 aliphatic heterocycles. The Morgan fingerprint density at radius 3 is 2.37 bits per heavy atom. The third-order valence-corrected chi connectivity index (χ3v) is 3.54. The summed E-state index contributed by atoms with van der Waals surface area (Å²) < 4.78 is 0. The Kier molecular flexibility index (Phi) is 4.80. The highest BCUT2D eigenvalue weighted by atomic mass is 35.5. The molecule has 2 rings (SSSR count). The molecule has 102 valence electrons. The summed E-state index contributed by atoms with van der Waals surface area (Å²) >= 11 is 5.68. The fraction of sp³-hybridized carbons (Fsp3) is 0.429. The van der Waals surface area contributed by atoms with Crippen LogP contribution in [0.15, 0.2) is 24.3 Å². The lowest BCUT2D eigenvalue weighted by atomic mass is 10.1. The van der Waals surface area contributed by atoms with Gasteiger partial charge < -0.3 is 10.2 Å². The Balaban J connectivity index is 1.84. The summed E-state index contributed by atoms with van der Waals surface area (Å²) in [6.07, 6.45) is 2.11. The Morgan fingerprint density at radius 1 is 1.16 bits per heavy atom. The number of carbonyl (C=O) groups excluding carboxylic acids is 2. The zero-order valence-electron chi connectivity index (χ0n) is 10.7. The second-order valence-electron chi connectivity index (χ2n) is 4.60. The number of halogens is 1. The molecular weight excluding hydrogens is 264 g/mol. The maximum absolute atomic E-state index is 11.8. The molecule has 1 aliphatic rings. The van der Waals surface area contributed by atoms with Crippen LogP contribution in [0, 0.1) is 0 Å². The molecule has 0 radical (unpaired) electrons. The van der Waals surface area contributed by atoms with Crippen LogP contribution in [0.4, 0.5) is 0 Å². The Bertz CT molecular complexity index is 453. The van der Waals surface area contributed by atoms with Gasteiger partial charge in [0.15, 0.2) is 0 Å². The minimum Gasteiger partial charge on any atom is -0.343 e. The second-order valence-corrected chi connectivity index (χ2v) is 4.87. The normalized spacial score (nSPS) is 14.5. The molecule has 19 heavy (non-hydrogen) atoms. The van der Waals surface area contributed by atoms with E-state index in [1.807, 2.05) is 12.1 Å². The van der Waals surface area contributed by atoms with Gasteiger partial charge >= 0.3 is 0 Å². The number of rotatable bonds is 4. The van der Waals surface area contributed by atoms with E-state index in [1.165, 1.54) is 0 Å².